The minimum Gasteiger partial charge on any atom is -0.462 e. The van der Waals surface area contributed by atoms with Gasteiger partial charge in [0.2, 0.25) is 0 Å². The van der Waals surface area contributed by atoms with Crippen molar-refractivity contribution < 1.29 is 19.0 Å². The molecule has 1 aliphatic heterocycles. The van der Waals surface area contributed by atoms with Gasteiger partial charge in [0.1, 0.15) is 11.5 Å². The lowest BCUT2D eigenvalue weighted by molar-refractivity contribution is -0.282. The Balaban J connectivity index is 0.000000956. The standard InChI is InChI=1S/C14H24O4.C2H6/c1-13(2)16-9-14(3,10-17-13)12(15)18-11-7-5-4-6-8-11;1-2/h11H,4-10H2,1-3H3;1-2H3. The van der Waals surface area contributed by atoms with Crippen LogP contribution in [0.15, 0.2) is 0 Å². The lowest BCUT2D eigenvalue weighted by Gasteiger charge is -2.40. The molecular formula is C16H30O4. The van der Waals surface area contributed by atoms with Gasteiger partial charge in [0.15, 0.2) is 5.79 Å². The van der Waals surface area contributed by atoms with Crippen LogP contribution in [0.1, 0.15) is 66.7 Å². The molecule has 0 unspecified atom stereocenters. The molecule has 118 valence electrons. The Hall–Kier alpha value is -0.610. The normalized spacial score (nSPS) is 25.2. The third-order valence-corrected chi connectivity index (χ3v) is 3.80. The van der Waals surface area contributed by atoms with Gasteiger partial charge >= 0.3 is 5.97 Å². The smallest absolute Gasteiger partial charge is 0.316 e. The van der Waals surface area contributed by atoms with E-state index >= 15 is 0 Å². The largest absolute Gasteiger partial charge is 0.462 e. The van der Waals surface area contributed by atoms with Crippen molar-refractivity contribution in [1.29, 1.82) is 0 Å². The zero-order valence-corrected chi connectivity index (χ0v) is 13.7. The topological polar surface area (TPSA) is 44.8 Å². The van der Waals surface area contributed by atoms with Gasteiger partial charge in [0, 0.05) is 0 Å². The van der Waals surface area contributed by atoms with Gasteiger partial charge < -0.3 is 14.2 Å². The summed E-state index contributed by atoms with van der Waals surface area (Å²) in [6, 6.07) is 0. The number of rotatable bonds is 2. The van der Waals surface area contributed by atoms with Crippen LogP contribution in [0.25, 0.3) is 0 Å². The maximum Gasteiger partial charge on any atom is 0.316 e. The van der Waals surface area contributed by atoms with Gasteiger partial charge in [-0.3, -0.25) is 4.79 Å². The predicted molar refractivity (Wildman–Crippen MR) is 78.4 cm³/mol. The molecule has 2 aliphatic rings. The summed E-state index contributed by atoms with van der Waals surface area (Å²) in [6.45, 7) is 10.3. The molecule has 0 aromatic carbocycles. The Morgan fingerprint density at radius 2 is 1.50 bits per heavy atom. The van der Waals surface area contributed by atoms with E-state index in [-0.39, 0.29) is 12.1 Å². The Morgan fingerprint density at radius 1 is 1.00 bits per heavy atom. The second kappa shape index (κ2) is 7.41. The summed E-state index contributed by atoms with van der Waals surface area (Å²) < 4.78 is 16.7. The first-order chi connectivity index (χ1) is 9.41. The molecule has 0 radical (unpaired) electrons. The zero-order chi connectivity index (χ0) is 15.2. The van der Waals surface area contributed by atoms with Crippen molar-refractivity contribution in [2.45, 2.75) is 78.6 Å². The number of esters is 1. The fourth-order valence-corrected chi connectivity index (χ4v) is 2.34. The molecule has 20 heavy (non-hydrogen) atoms. The lowest BCUT2D eigenvalue weighted by Crippen LogP contribution is -2.50. The fourth-order valence-electron chi connectivity index (χ4n) is 2.34. The zero-order valence-electron chi connectivity index (χ0n) is 13.7. The van der Waals surface area contributed by atoms with E-state index in [9.17, 15) is 4.79 Å². The summed E-state index contributed by atoms with van der Waals surface area (Å²) in [5.41, 5.74) is -0.660. The molecule has 0 atom stereocenters. The second-order valence-electron chi connectivity index (χ2n) is 6.20. The van der Waals surface area contributed by atoms with E-state index in [0.717, 1.165) is 25.7 Å². The van der Waals surface area contributed by atoms with Gasteiger partial charge in [-0.05, 0) is 46.5 Å². The Labute approximate surface area is 123 Å². The van der Waals surface area contributed by atoms with E-state index in [4.69, 9.17) is 14.2 Å². The molecule has 4 nitrogen and oxygen atoms in total. The van der Waals surface area contributed by atoms with Gasteiger partial charge in [-0.25, -0.2) is 0 Å². The third kappa shape index (κ3) is 4.74. The van der Waals surface area contributed by atoms with E-state index < -0.39 is 11.2 Å². The number of ether oxygens (including phenoxy) is 3. The first-order valence-corrected chi connectivity index (χ1v) is 7.90. The highest BCUT2D eigenvalue weighted by Gasteiger charge is 2.44. The van der Waals surface area contributed by atoms with E-state index in [0.29, 0.717) is 13.2 Å². The second-order valence-corrected chi connectivity index (χ2v) is 6.20. The van der Waals surface area contributed by atoms with E-state index in [1.165, 1.54) is 6.42 Å². The van der Waals surface area contributed by atoms with Crippen LogP contribution in [0.3, 0.4) is 0 Å². The molecule has 1 heterocycles. The molecule has 1 saturated carbocycles. The highest BCUT2D eigenvalue weighted by molar-refractivity contribution is 5.77. The predicted octanol–water partition coefficient (Wildman–Crippen LogP) is 3.68. The highest BCUT2D eigenvalue weighted by atomic mass is 16.7. The van der Waals surface area contributed by atoms with Crippen LogP contribution in [0.5, 0.6) is 0 Å². The molecule has 0 spiro atoms. The van der Waals surface area contributed by atoms with Gasteiger partial charge in [0.25, 0.3) is 0 Å². The molecular weight excluding hydrogens is 256 g/mol. The molecule has 0 amide bonds. The molecule has 2 rings (SSSR count). The molecule has 0 aromatic rings. The first kappa shape index (κ1) is 17.4. The van der Waals surface area contributed by atoms with E-state index in [1.807, 2.05) is 34.6 Å². The average molecular weight is 286 g/mol. The highest BCUT2D eigenvalue weighted by Crippen LogP contribution is 2.32. The van der Waals surface area contributed by atoms with Crippen LogP contribution in [-0.4, -0.2) is 31.1 Å². The first-order valence-electron chi connectivity index (χ1n) is 7.90. The minimum absolute atomic E-state index is 0.0954. The molecule has 4 heteroatoms. The van der Waals surface area contributed by atoms with Crippen LogP contribution in [0.4, 0.5) is 0 Å². The van der Waals surface area contributed by atoms with Crippen molar-refractivity contribution in [2.24, 2.45) is 5.41 Å². The monoisotopic (exact) mass is 286 g/mol. The van der Waals surface area contributed by atoms with Gasteiger partial charge in [-0.2, -0.15) is 0 Å². The Kier molecular flexibility index (Phi) is 6.46. The minimum atomic E-state index is -0.660. The number of carbonyl (C=O) groups excluding carboxylic acids is 1. The van der Waals surface area contributed by atoms with Gasteiger partial charge in [-0.1, -0.05) is 20.3 Å². The van der Waals surface area contributed by atoms with Crippen LogP contribution in [0.2, 0.25) is 0 Å². The van der Waals surface area contributed by atoms with Crippen molar-refractivity contribution in [3.63, 3.8) is 0 Å². The van der Waals surface area contributed by atoms with Gasteiger partial charge in [-0.15, -0.1) is 0 Å². The van der Waals surface area contributed by atoms with Crippen molar-refractivity contribution in [1.82, 2.24) is 0 Å². The Bertz CT molecular complexity index is 296. The summed E-state index contributed by atoms with van der Waals surface area (Å²) in [6.07, 6.45) is 5.66. The quantitative estimate of drug-likeness (QED) is 0.726. The molecule has 0 aromatic heterocycles. The lowest BCUT2D eigenvalue weighted by atomic mass is 9.91. The summed E-state index contributed by atoms with van der Waals surface area (Å²) in [5, 5.41) is 0. The summed E-state index contributed by atoms with van der Waals surface area (Å²) in [5.74, 6) is -0.769. The fraction of sp³-hybridized carbons (Fsp3) is 0.938. The molecule has 0 N–H and O–H groups in total. The van der Waals surface area contributed by atoms with E-state index in [2.05, 4.69) is 0 Å². The van der Waals surface area contributed by atoms with Crippen LogP contribution < -0.4 is 0 Å². The maximum atomic E-state index is 12.2. The summed E-state index contributed by atoms with van der Waals surface area (Å²) >= 11 is 0. The van der Waals surface area contributed by atoms with Crippen LogP contribution in [0, 0.1) is 5.41 Å². The summed E-state index contributed by atoms with van der Waals surface area (Å²) in [7, 11) is 0. The van der Waals surface area contributed by atoms with E-state index in [1.54, 1.807) is 0 Å². The third-order valence-electron chi connectivity index (χ3n) is 3.80. The SMILES string of the molecule is CC.CC1(C)OCC(C)(C(=O)OC2CCCCC2)CO1. The van der Waals surface area contributed by atoms with Crippen LogP contribution >= 0.6 is 0 Å². The average Bonchev–Trinajstić information content (AvgIpc) is 2.46. The van der Waals surface area contributed by atoms with Crippen molar-refractivity contribution >= 4 is 5.97 Å². The summed E-state index contributed by atoms with van der Waals surface area (Å²) in [4.78, 5) is 12.2. The number of hydrogen-bond acceptors (Lipinski definition) is 4. The molecule has 1 aliphatic carbocycles. The molecule has 2 fully saturated rings. The van der Waals surface area contributed by atoms with Crippen molar-refractivity contribution in [2.75, 3.05) is 13.2 Å². The molecule has 1 saturated heterocycles. The maximum absolute atomic E-state index is 12.2. The number of carbonyl (C=O) groups is 1. The Morgan fingerprint density at radius 3 is 2.00 bits per heavy atom. The number of hydrogen-bond donors (Lipinski definition) is 0. The van der Waals surface area contributed by atoms with Crippen molar-refractivity contribution in [3.8, 4) is 0 Å². The van der Waals surface area contributed by atoms with Crippen LogP contribution in [-0.2, 0) is 19.0 Å². The molecule has 0 bridgehead atoms. The van der Waals surface area contributed by atoms with Gasteiger partial charge in [0.05, 0.1) is 13.2 Å². The van der Waals surface area contributed by atoms with Crippen molar-refractivity contribution in [3.05, 3.63) is 0 Å².